The van der Waals surface area contributed by atoms with Gasteiger partial charge in [-0.25, -0.2) is 9.97 Å². The molecule has 0 amide bonds. The minimum Gasteiger partial charge on any atom is -0.495 e. The smallest absolute Gasteiger partial charge is 0.433 e. The molecule has 1 aromatic heterocycles. The predicted octanol–water partition coefficient (Wildman–Crippen LogP) is 4.26. The van der Waals surface area contributed by atoms with E-state index in [-0.39, 0.29) is 12.0 Å². The lowest BCUT2D eigenvalue weighted by Gasteiger charge is -2.37. The van der Waals surface area contributed by atoms with Crippen LogP contribution < -0.4 is 9.64 Å². The van der Waals surface area contributed by atoms with Gasteiger partial charge in [0.15, 0.2) is 0 Å². The minimum absolute atomic E-state index is 0.0154. The Labute approximate surface area is 167 Å². The monoisotopic (exact) mass is 414 g/mol. The van der Waals surface area contributed by atoms with E-state index >= 15 is 0 Å². The second-order valence-corrected chi connectivity index (χ2v) is 7.19. The molecule has 2 aromatic rings. The Bertz CT molecular complexity index is 818. The van der Waals surface area contributed by atoms with Gasteiger partial charge in [-0.1, -0.05) is 23.7 Å². The normalized spacial score (nSPS) is 18.1. The van der Waals surface area contributed by atoms with Crippen molar-refractivity contribution in [3.05, 3.63) is 46.7 Å². The number of alkyl halides is 3. The lowest BCUT2D eigenvalue weighted by Crippen LogP contribution is -2.46. The summed E-state index contributed by atoms with van der Waals surface area (Å²) >= 11 is 6.39. The minimum atomic E-state index is -4.49. The third-order valence-corrected chi connectivity index (χ3v) is 5.36. The van der Waals surface area contributed by atoms with Crippen LogP contribution in [0.5, 0.6) is 5.75 Å². The molecule has 0 radical (unpaired) electrons. The van der Waals surface area contributed by atoms with Gasteiger partial charge < -0.3 is 9.64 Å². The van der Waals surface area contributed by atoms with Gasteiger partial charge in [0.05, 0.1) is 12.1 Å². The molecule has 1 aromatic carbocycles. The number of piperidine rings is 1. The van der Waals surface area contributed by atoms with Crippen LogP contribution in [0.2, 0.25) is 5.02 Å². The molecule has 1 saturated heterocycles. The molecule has 0 spiro atoms. The summed E-state index contributed by atoms with van der Waals surface area (Å²) in [6.45, 7) is 2.22. The second-order valence-electron chi connectivity index (χ2n) is 6.82. The highest BCUT2D eigenvalue weighted by atomic mass is 35.5. The molecular formula is C19H22ClF3N4O. The van der Waals surface area contributed by atoms with Gasteiger partial charge in [-0.15, -0.1) is 0 Å². The molecule has 1 aliphatic rings. The Kier molecular flexibility index (Phi) is 6.30. The van der Waals surface area contributed by atoms with Crippen molar-refractivity contribution >= 4 is 17.5 Å². The van der Waals surface area contributed by atoms with Gasteiger partial charge in [-0.2, -0.15) is 13.2 Å². The molecule has 0 aliphatic carbocycles. The molecule has 5 nitrogen and oxygen atoms in total. The maximum absolute atomic E-state index is 12.9. The summed E-state index contributed by atoms with van der Waals surface area (Å²) in [6, 6.07) is 6.55. The number of hydrogen-bond acceptors (Lipinski definition) is 5. The Hall–Kier alpha value is -2.06. The number of anilines is 1. The fourth-order valence-electron chi connectivity index (χ4n) is 3.41. The number of aromatic nitrogens is 2. The number of rotatable bonds is 5. The van der Waals surface area contributed by atoms with Crippen molar-refractivity contribution < 1.29 is 17.9 Å². The van der Waals surface area contributed by atoms with E-state index in [1.807, 2.05) is 18.2 Å². The number of methoxy groups -OCH3 is 1. The number of nitrogens with zero attached hydrogens (tertiary/aromatic N) is 4. The van der Waals surface area contributed by atoms with E-state index in [0.29, 0.717) is 23.9 Å². The average molecular weight is 415 g/mol. The largest absolute Gasteiger partial charge is 0.495 e. The van der Waals surface area contributed by atoms with Crippen LogP contribution in [-0.2, 0) is 12.7 Å². The Morgan fingerprint density at radius 1 is 1.32 bits per heavy atom. The van der Waals surface area contributed by atoms with E-state index < -0.39 is 11.9 Å². The first-order valence-electron chi connectivity index (χ1n) is 8.96. The van der Waals surface area contributed by atoms with E-state index in [1.165, 1.54) is 0 Å². The molecule has 0 N–H and O–H groups in total. The van der Waals surface area contributed by atoms with Crippen LogP contribution >= 0.6 is 11.6 Å². The summed E-state index contributed by atoms with van der Waals surface area (Å²) in [4.78, 5) is 11.7. The molecule has 1 atom stereocenters. The maximum Gasteiger partial charge on any atom is 0.433 e. The van der Waals surface area contributed by atoms with Crippen LogP contribution in [0.3, 0.4) is 0 Å². The Morgan fingerprint density at radius 3 is 2.82 bits per heavy atom. The van der Waals surface area contributed by atoms with E-state index in [2.05, 4.69) is 14.9 Å². The molecule has 152 valence electrons. The molecular weight excluding hydrogens is 393 g/mol. The fourth-order valence-corrected chi connectivity index (χ4v) is 3.67. The van der Waals surface area contributed by atoms with E-state index in [1.54, 1.807) is 19.1 Å². The molecule has 1 unspecified atom stereocenters. The summed E-state index contributed by atoms with van der Waals surface area (Å²) in [5.41, 5.74) is 0.0276. The van der Waals surface area contributed by atoms with Crippen molar-refractivity contribution in [2.75, 3.05) is 32.1 Å². The van der Waals surface area contributed by atoms with Crippen molar-refractivity contribution in [3.8, 4) is 5.75 Å². The summed E-state index contributed by atoms with van der Waals surface area (Å²) in [7, 11) is 3.31. The van der Waals surface area contributed by atoms with Crippen molar-refractivity contribution in [3.63, 3.8) is 0 Å². The van der Waals surface area contributed by atoms with Crippen molar-refractivity contribution in [2.45, 2.75) is 31.6 Å². The molecule has 2 heterocycles. The molecule has 0 saturated carbocycles. The van der Waals surface area contributed by atoms with Gasteiger partial charge in [0, 0.05) is 32.4 Å². The quantitative estimate of drug-likeness (QED) is 0.731. The Balaban J connectivity index is 1.71. The van der Waals surface area contributed by atoms with Crippen LogP contribution in [-0.4, -0.2) is 48.2 Å². The first-order chi connectivity index (χ1) is 13.3. The van der Waals surface area contributed by atoms with Crippen LogP contribution in [0.25, 0.3) is 0 Å². The number of benzene rings is 1. The van der Waals surface area contributed by atoms with Gasteiger partial charge in [-0.05, 0) is 37.1 Å². The maximum atomic E-state index is 12.9. The van der Waals surface area contributed by atoms with Gasteiger partial charge in [-0.3, -0.25) is 4.90 Å². The number of ether oxygens (including phenoxy) is 1. The van der Waals surface area contributed by atoms with E-state index in [0.717, 1.165) is 37.2 Å². The zero-order valence-electron chi connectivity index (χ0n) is 15.7. The SMILES string of the molecule is COc1cccc(CN2CCCC(N(C)c3nccc(C(F)(F)F)n3)C2)c1Cl. The van der Waals surface area contributed by atoms with E-state index in [4.69, 9.17) is 16.3 Å². The lowest BCUT2D eigenvalue weighted by atomic mass is 10.0. The van der Waals surface area contributed by atoms with Crippen molar-refractivity contribution in [1.29, 1.82) is 0 Å². The molecule has 0 bridgehead atoms. The van der Waals surface area contributed by atoms with Crippen molar-refractivity contribution in [1.82, 2.24) is 14.9 Å². The third-order valence-electron chi connectivity index (χ3n) is 4.93. The average Bonchev–Trinajstić information content (AvgIpc) is 2.69. The lowest BCUT2D eigenvalue weighted by molar-refractivity contribution is -0.141. The van der Waals surface area contributed by atoms with Crippen LogP contribution in [0.1, 0.15) is 24.1 Å². The molecule has 9 heteroatoms. The molecule has 1 fully saturated rings. The second kappa shape index (κ2) is 8.53. The fraction of sp³-hybridized carbons (Fsp3) is 0.474. The van der Waals surface area contributed by atoms with Gasteiger partial charge >= 0.3 is 6.18 Å². The number of hydrogen-bond donors (Lipinski definition) is 0. The number of likely N-dealkylation sites (N-methyl/N-ethyl adjacent to an activating group) is 1. The Morgan fingerprint density at radius 2 is 2.11 bits per heavy atom. The standard InChI is InChI=1S/C19H22ClF3N4O/c1-26(18-24-9-8-16(25-18)19(21,22)23)14-6-4-10-27(12-14)11-13-5-3-7-15(28-2)17(13)20/h3,5,7-9,14H,4,6,10-12H2,1-2H3. The summed E-state index contributed by atoms with van der Waals surface area (Å²) < 4.78 is 44.1. The van der Waals surface area contributed by atoms with Crippen LogP contribution in [0, 0.1) is 0 Å². The van der Waals surface area contributed by atoms with Crippen LogP contribution in [0.4, 0.5) is 19.1 Å². The highest BCUT2D eigenvalue weighted by molar-refractivity contribution is 6.32. The van der Waals surface area contributed by atoms with Gasteiger partial charge in [0.2, 0.25) is 5.95 Å². The first kappa shape index (κ1) is 20.7. The highest BCUT2D eigenvalue weighted by Crippen LogP contribution is 2.31. The zero-order chi connectivity index (χ0) is 20.3. The summed E-state index contributed by atoms with van der Waals surface area (Å²) in [5, 5.41) is 0.585. The van der Waals surface area contributed by atoms with Gasteiger partial charge in [0.1, 0.15) is 11.4 Å². The molecule has 1 aliphatic heterocycles. The first-order valence-corrected chi connectivity index (χ1v) is 9.34. The highest BCUT2D eigenvalue weighted by Gasteiger charge is 2.34. The van der Waals surface area contributed by atoms with E-state index in [9.17, 15) is 13.2 Å². The third kappa shape index (κ3) is 4.67. The number of likely N-dealkylation sites (tertiary alicyclic amines) is 1. The predicted molar refractivity (Wildman–Crippen MR) is 102 cm³/mol. The topological polar surface area (TPSA) is 41.5 Å². The molecule has 3 rings (SSSR count). The summed E-state index contributed by atoms with van der Waals surface area (Å²) in [5.74, 6) is 0.711. The van der Waals surface area contributed by atoms with Crippen molar-refractivity contribution in [2.24, 2.45) is 0 Å². The number of halogens is 4. The summed E-state index contributed by atoms with van der Waals surface area (Å²) in [6.07, 6.45) is -1.55. The zero-order valence-corrected chi connectivity index (χ0v) is 16.5. The molecule has 28 heavy (non-hydrogen) atoms. The van der Waals surface area contributed by atoms with Gasteiger partial charge in [0.25, 0.3) is 0 Å². The van der Waals surface area contributed by atoms with Crippen LogP contribution in [0.15, 0.2) is 30.5 Å².